The molecule has 1 fully saturated rings. The second-order valence-electron chi connectivity index (χ2n) is 9.24. The van der Waals surface area contributed by atoms with Crippen molar-refractivity contribution in [1.29, 1.82) is 0 Å². The Kier molecular flexibility index (Phi) is 8.56. The number of benzene rings is 1. The fourth-order valence-corrected chi connectivity index (χ4v) is 4.14. The first-order chi connectivity index (χ1) is 17.2. The van der Waals surface area contributed by atoms with Gasteiger partial charge in [-0.05, 0) is 43.4 Å². The maximum Gasteiger partial charge on any atom is 0.451 e. The van der Waals surface area contributed by atoms with E-state index in [-0.39, 0.29) is 17.9 Å². The molecule has 1 aromatic carbocycles. The molecule has 204 valence electrons. The molecule has 2 aromatic rings. The molecule has 1 aromatic heterocycles. The summed E-state index contributed by atoms with van der Waals surface area (Å²) in [7, 11) is 0. The van der Waals surface area contributed by atoms with Gasteiger partial charge in [0.2, 0.25) is 17.6 Å². The quantitative estimate of drug-likeness (QED) is 0.421. The minimum absolute atomic E-state index is 0.163. The zero-order valence-electron chi connectivity index (χ0n) is 19.9. The maximum absolute atomic E-state index is 13.6. The van der Waals surface area contributed by atoms with Gasteiger partial charge >= 0.3 is 18.3 Å². The van der Waals surface area contributed by atoms with Gasteiger partial charge in [-0.1, -0.05) is 26.3 Å². The van der Waals surface area contributed by atoms with Crippen LogP contribution >= 0.6 is 0 Å². The van der Waals surface area contributed by atoms with Gasteiger partial charge in [0, 0.05) is 11.5 Å². The van der Waals surface area contributed by atoms with Crippen molar-refractivity contribution in [3.63, 3.8) is 0 Å². The molecule has 0 bridgehead atoms. The monoisotopic (exact) mass is 536 g/mol. The summed E-state index contributed by atoms with van der Waals surface area (Å²) in [5.41, 5.74) is -1.97. The van der Waals surface area contributed by atoms with E-state index < -0.39 is 71.8 Å². The summed E-state index contributed by atoms with van der Waals surface area (Å²) >= 11 is 0. The number of alkyl halides is 6. The molecule has 13 heteroatoms. The highest BCUT2D eigenvalue weighted by Crippen LogP contribution is 2.38. The normalized spacial score (nSPS) is 19.6. The van der Waals surface area contributed by atoms with Crippen molar-refractivity contribution in [2.75, 3.05) is 0 Å². The van der Waals surface area contributed by atoms with Crippen LogP contribution in [-0.4, -0.2) is 34.1 Å². The summed E-state index contributed by atoms with van der Waals surface area (Å²) < 4.78 is 90.2. The van der Waals surface area contributed by atoms with Gasteiger partial charge in [-0.15, -0.1) is 0 Å². The predicted octanol–water partition coefficient (Wildman–Crippen LogP) is 5.68. The summed E-state index contributed by atoms with van der Waals surface area (Å²) in [6.07, 6.45) is -8.67. The van der Waals surface area contributed by atoms with Gasteiger partial charge in [0.05, 0.1) is 18.3 Å². The van der Waals surface area contributed by atoms with Crippen molar-refractivity contribution in [1.82, 2.24) is 10.3 Å². The zero-order valence-corrected chi connectivity index (χ0v) is 19.9. The predicted molar refractivity (Wildman–Crippen MR) is 117 cm³/mol. The molecule has 0 saturated heterocycles. The fraction of sp³-hybridized carbons (Fsp3) is 0.542. The Hall–Kier alpha value is -3.09. The summed E-state index contributed by atoms with van der Waals surface area (Å²) in [5.74, 6) is -4.69. The van der Waals surface area contributed by atoms with Gasteiger partial charge in [0.25, 0.3) is 0 Å². The number of oxazole rings is 1. The van der Waals surface area contributed by atoms with Crippen LogP contribution in [0, 0.1) is 11.8 Å². The van der Waals surface area contributed by atoms with Crippen molar-refractivity contribution in [2.45, 2.75) is 70.6 Å². The number of hydrogen-bond donors (Lipinski definition) is 2. The summed E-state index contributed by atoms with van der Waals surface area (Å²) in [6, 6.07) is 2.52. The number of carbonyl (C=O) groups excluding carboxylic acids is 1. The summed E-state index contributed by atoms with van der Waals surface area (Å²) in [6.45, 7) is 2.66. The Morgan fingerprint density at radius 3 is 2.46 bits per heavy atom. The van der Waals surface area contributed by atoms with E-state index in [0.29, 0.717) is 25.3 Å². The second kappa shape index (κ2) is 11.1. The number of rotatable bonds is 8. The smallest absolute Gasteiger partial charge is 0.451 e. The third-order valence-corrected chi connectivity index (χ3v) is 6.07. The molecule has 1 amide bonds. The average Bonchev–Trinajstić information content (AvgIpc) is 3.25. The minimum Gasteiger partial charge on any atom is -0.480 e. The third kappa shape index (κ3) is 7.24. The van der Waals surface area contributed by atoms with Crippen LogP contribution < -0.4 is 5.32 Å². The highest BCUT2D eigenvalue weighted by atomic mass is 19.4. The van der Waals surface area contributed by atoms with Gasteiger partial charge < -0.3 is 19.6 Å². The largest absolute Gasteiger partial charge is 0.480 e. The van der Waals surface area contributed by atoms with E-state index in [1.807, 2.05) is 0 Å². The number of carboxylic acids is 1. The van der Waals surface area contributed by atoms with Gasteiger partial charge in [-0.25, -0.2) is 9.78 Å². The molecular weight excluding hydrogens is 510 g/mol. The van der Waals surface area contributed by atoms with Crippen LogP contribution in [0.5, 0.6) is 0 Å². The fourth-order valence-electron chi connectivity index (χ4n) is 4.14. The molecule has 1 aliphatic carbocycles. The SMILES string of the molecule is CC(C)C(NC(=O)[C@@H]1CCC[C@H](OCc2nc(-c3cccc(C(F)(F)F)c3)oc2C(F)(F)F)C1)C(=O)O. The number of aromatic nitrogens is 1. The lowest BCUT2D eigenvalue weighted by molar-refractivity contribution is -0.154. The minimum atomic E-state index is -4.97. The first kappa shape index (κ1) is 28.5. The number of aliphatic carboxylic acids is 1. The topological polar surface area (TPSA) is 102 Å². The molecule has 1 unspecified atom stereocenters. The van der Waals surface area contributed by atoms with Gasteiger partial charge in [0.1, 0.15) is 11.7 Å². The molecular formula is C24H26F6N2O5. The van der Waals surface area contributed by atoms with Crippen LogP contribution in [0.2, 0.25) is 0 Å². The molecule has 0 radical (unpaired) electrons. The van der Waals surface area contributed by atoms with Crippen LogP contribution in [0.3, 0.4) is 0 Å². The molecule has 7 nitrogen and oxygen atoms in total. The van der Waals surface area contributed by atoms with E-state index in [1.54, 1.807) is 13.8 Å². The zero-order chi connectivity index (χ0) is 27.5. The van der Waals surface area contributed by atoms with Crippen LogP contribution in [0.25, 0.3) is 11.5 Å². The van der Waals surface area contributed by atoms with E-state index in [4.69, 9.17) is 9.15 Å². The third-order valence-electron chi connectivity index (χ3n) is 6.07. The Labute approximate surface area is 208 Å². The van der Waals surface area contributed by atoms with Crippen LogP contribution in [0.1, 0.15) is 56.5 Å². The number of carboxylic acid groups (broad SMARTS) is 1. The molecule has 37 heavy (non-hydrogen) atoms. The van der Waals surface area contributed by atoms with Gasteiger partial charge in [-0.3, -0.25) is 4.79 Å². The van der Waals surface area contributed by atoms with Crippen molar-refractivity contribution < 1.29 is 50.2 Å². The van der Waals surface area contributed by atoms with Crippen molar-refractivity contribution in [3.05, 3.63) is 41.3 Å². The van der Waals surface area contributed by atoms with Gasteiger partial charge in [-0.2, -0.15) is 26.3 Å². The number of nitrogens with one attached hydrogen (secondary N) is 1. The highest BCUT2D eigenvalue weighted by Gasteiger charge is 2.40. The lowest BCUT2D eigenvalue weighted by atomic mass is 9.86. The number of hydrogen-bond acceptors (Lipinski definition) is 5. The highest BCUT2D eigenvalue weighted by molar-refractivity contribution is 5.85. The van der Waals surface area contributed by atoms with Crippen molar-refractivity contribution in [3.8, 4) is 11.5 Å². The Morgan fingerprint density at radius 1 is 1.16 bits per heavy atom. The number of amides is 1. The average molecular weight is 536 g/mol. The van der Waals surface area contributed by atoms with E-state index in [1.165, 1.54) is 0 Å². The molecule has 1 saturated carbocycles. The Morgan fingerprint density at radius 2 is 1.86 bits per heavy atom. The molecule has 3 atom stereocenters. The standard InChI is InChI=1S/C24H26F6N2O5/c1-12(2)18(22(34)35)32-20(33)13-5-4-8-16(10-13)36-11-17-19(24(28,29)30)37-21(31-17)14-6-3-7-15(9-14)23(25,26)27/h3,6-7,9,12-13,16,18H,4-5,8,10-11H2,1-2H3,(H,32,33)(H,34,35)/t13-,16+,18?/m1/s1. The van der Waals surface area contributed by atoms with Crippen molar-refractivity contribution >= 4 is 11.9 Å². The molecule has 1 aliphatic rings. The molecule has 0 aliphatic heterocycles. The molecule has 3 rings (SSSR count). The van der Waals surface area contributed by atoms with Crippen LogP contribution in [-0.2, 0) is 33.3 Å². The Bertz CT molecular complexity index is 1110. The summed E-state index contributed by atoms with van der Waals surface area (Å²) in [4.78, 5) is 27.7. The lowest BCUT2D eigenvalue weighted by Crippen LogP contribution is -2.47. The number of halogens is 6. The number of ether oxygens (including phenoxy) is 1. The second-order valence-corrected chi connectivity index (χ2v) is 9.24. The maximum atomic E-state index is 13.6. The van der Waals surface area contributed by atoms with Crippen molar-refractivity contribution in [2.24, 2.45) is 11.8 Å². The van der Waals surface area contributed by atoms with E-state index >= 15 is 0 Å². The molecule has 0 spiro atoms. The molecule has 2 N–H and O–H groups in total. The van der Waals surface area contributed by atoms with Crippen LogP contribution in [0.15, 0.2) is 28.7 Å². The summed E-state index contributed by atoms with van der Waals surface area (Å²) in [5, 5.41) is 11.8. The number of nitrogens with zero attached hydrogens (tertiary/aromatic N) is 1. The van der Waals surface area contributed by atoms with Gasteiger partial charge in [0.15, 0.2) is 0 Å². The first-order valence-corrected chi connectivity index (χ1v) is 11.6. The number of carbonyl (C=O) groups is 2. The van der Waals surface area contributed by atoms with E-state index in [0.717, 1.165) is 18.2 Å². The van der Waals surface area contributed by atoms with E-state index in [2.05, 4.69) is 10.3 Å². The molecule has 1 heterocycles. The lowest BCUT2D eigenvalue weighted by Gasteiger charge is -2.29. The Balaban J connectivity index is 1.73. The van der Waals surface area contributed by atoms with E-state index in [9.17, 15) is 41.0 Å². The van der Waals surface area contributed by atoms with Crippen LogP contribution in [0.4, 0.5) is 26.3 Å². The first-order valence-electron chi connectivity index (χ1n) is 11.6.